The molecular formula is C9H16ClN5. The summed E-state index contributed by atoms with van der Waals surface area (Å²) in [5, 5.41) is 9.01. The molecule has 3 aliphatic heterocycles. The second-order valence-electron chi connectivity index (χ2n) is 4.31. The minimum Gasteiger partial charge on any atom is -0.370 e. The van der Waals surface area contributed by atoms with Gasteiger partial charge >= 0.3 is 0 Å². The predicted octanol–water partition coefficient (Wildman–Crippen LogP) is -0.906. The van der Waals surface area contributed by atoms with Crippen LogP contribution in [0.25, 0.3) is 0 Å². The highest BCUT2D eigenvalue weighted by molar-refractivity contribution is 6.23. The van der Waals surface area contributed by atoms with E-state index in [1.807, 2.05) is 12.1 Å². The van der Waals surface area contributed by atoms with Crippen LogP contribution in [0.15, 0.2) is 11.3 Å². The minimum atomic E-state index is 0.0662. The first-order valence-electron chi connectivity index (χ1n) is 5.34. The summed E-state index contributed by atoms with van der Waals surface area (Å²) >= 11 is 6.49. The third kappa shape index (κ3) is 1.46. The lowest BCUT2D eigenvalue weighted by molar-refractivity contribution is 0.195. The van der Waals surface area contributed by atoms with Crippen molar-refractivity contribution >= 4 is 11.6 Å². The van der Waals surface area contributed by atoms with Crippen LogP contribution in [-0.4, -0.2) is 42.7 Å². The molecule has 0 bridgehead atoms. The van der Waals surface area contributed by atoms with Gasteiger partial charge in [-0.15, -0.1) is 11.6 Å². The molecule has 1 fully saturated rings. The fourth-order valence-corrected chi connectivity index (χ4v) is 2.92. The molecule has 0 saturated carbocycles. The number of hydrogen-bond donors (Lipinski definition) is 4. The third-order valence-electron chi connectivity index (χ3n) is 3.39. The Balaban J connectivity index is 1.91. The summed E-state index contributed by atoms with van der Waals surface area (Å²) in [4.78, 5) is 0. The molecule has 1 saturated heterocycles. The van der Waals surface area contributed by atoms with Gasteiger partial charge in [0.05, 0.1) is 11.4 Å². The van der Waals surface area contributed by atoms with Crippen molar-refractivity contribution in [3.8, 4) is 0 Å². The zero-order valence-electron chi connectivity index (χ0n) is 8.68. The third-order valence-corrected chi connectivity index (χ3v) is 3.93. The van der Waals surface area contributed by atoms with E-state index in [0.717, 1.165) is 19.5 Å². The molecule has 0 aromatic carbocycles. The quantitative estimate of drug-likeness (QED) is 0.406. The normalized spacial score (nSPS) is 41.1. The van der Waals surface area contributed by atoms with Crippen molar-refractivity contribution in [2.24, 2.45) is 0 Å². The second kappa shape index (κ2) is 3.61. The lowest BCUT2D eigenvalue weighted by Gasteiger charge is -2.38. The van der Waals surface area contributed by atoms with E-state index in [-0.39, 0.29) is 17.6 Å². The molecule has 5 nitrogen and oxygen atoms in total. The highest BCUT2D eigenvalue weighted by atomic mass is 35.5. The highest BCUT2D eigenvalue weighted by Crippen LogP contribution is 2.29. The SMILES string of the molecule is CN1NNC2C(Cl)C3=C(CCNC3)NC21. The van der Waals surface area contributed by atoms with Gasteiger partial charge in [0.2, 0.25) is 0 Å². The molecule has 3 rings (SSSR count). The number of hydrazine groups is 2. The van der Waals surface area contributed by atoms with Crippen LogP contribution in [0, 0.1) is 0 Å². The smallest absolute Gasteiger partial charge is 0.112 e. The number of fused-ring (bicyclic) bond motifs is 1. The van der Waals surface area contributed by atoms with Crippen molar-refractivity contribution < 1.29 is 0 Å². The fraction of sp³-hybridized carbons (Fsp3) is 0.778. The number of rotatable bonds is 0. The van der Waals surface area contributed by atoms with Gasteiger partial charge in [-0.2, -0.15) is 5.53 Å². The van der Waals surface area contributed by atoms with E-state index in [1.165, 1.54) is 11.3 Å². The van der Waals surface area contributed by atoms with Gasteiger partial charge < -0.3 is 10.6 Å². The molecule has 6 heteroatoms. The Hall–Kier alpha value is -0.330. The Kier molecular flexibility index (Phi) is 2.37. The van der Waals surface area contributed by atoms with E-state index >= 15 is 0 Å². The zero-order valence-corrected chi connectivity index (χ0v) is 9.43. The number of halogens is 1. The van der Waals surface area contributed by atoms with E-state index < -0.39 is 0 Å². The van der Waals surface area contributed by atoms with Crippen molar-refractivity contribution in [3.63, 3.8) is 0 Å². The van der Waals surface area contributed by atoms with E-state index in [1.54, 1.807) is 0 Å². The molecular weight excluding hydrogens is 214 g/mol. The van der Waals surface area contributed by atoms with Gasteiger partial charge in [-0.25, -0.2) is 10.4 Å². The maximum atomic E-state index is 6.49. The first kappa shape index (κ1) is 9.86. The summed E-state index contributed by atoms with van der Waals surface area (Å²) in [6.07, 6.45) is 1.31. The number of hydrogen-bond acceptors (Lipinski definition) is 5. The van der Waals surface area contributed by atoms with Crippen molar-refractivity contribution in [1.82, 2.24) is 26.6 Å². The molecule has 3 atom stereocenters. The van der Waals surface area contributed by atoms with Crippen molar-refractivity contribution in [1.29, 1.82) is 0 Å². The average Bonchev–Trinajstić information content (AvgIpc) is 2.62. The van der Waals surface area contributed by atoms with Crippen molar-refractivity contribution in [3.05, 3.63) is 11.3 Å². The Morgan fingerprint density at radius 2 is 2.33 bits per heavy atom. The standard InChI is InChI=1S/C9H16ClN5/c1-15-9-8(13-14-15)7(10)5-4-11-3-2-6(5)12-9/h7-9,11-14H,2-4H2,1H3. The fourth-order valence-electron chi connectivity index (χ4n) is 2.51. The Labute approximate surface area is 94.2 Å². The van der Waals surface area contributed by atoms with E-state index in [2.05, 4.69) is 21.6 Å². The van der Waals surface area contributed by atoms with Gasteiger partial charge in [0.1, 0.15) is 6.17 Å². The summed E-state index contributed by atoms with van der Waals surface area (Å²) < 4.78 is 0. The average molecular weight is 230 g/mol. The summed E-state index contributed by atoms with van der Waals surface area (Å²) in [7, 11) is 2.01. The van der Waals surface area contributed by atoms with Gasteiger partial charge in [-0.3, -0.25) is 0 Å². The maximum absolute atomic E-state index is 6.49. The summed E-state index contributed by atoms with van der Waals surface area (Å²) in [5.74, 6) is 0. The Morgan fingerprint density at radius 1 is 1.47 bits per heavy atom. The van der Waals surface area contributed by atoms with Crippen LogP contribution >= 0.6 is 11.6 Å². The number of likely N-dealkylation sites (N-methyl/N-ethyl adjacent to an activating group) is 1. The second-order valence-corrected chi connectivity index (χ2v) is 4.78. The Morgan fingerprint density at radius 3 is 3.20 bits per heavy atom. The number of alkyl halides is 1. The van der Waals surface area contributed by atoms with Gasteiger partial charge in [-0.1, -0.05) is 0 Å². The lowest BCUT2D eigenvalue weighted by Crippen LogP contribution is -2.56. The topological polar surface area (TPSA) is 51.4 Å². The number of nitrogens with one attached hydrogen (secondary N) is 4. The summed E-state index contributed by atoms with van der Waals surface area (Å²) in [6.45, 7) is 1.95. The van der Waals surface area contributed by atoms with E-state index in [0.29, 0.717) is 0 Å². The van der Waals surface area contributed by atoms with Crippen LogP contribution in [0.4, 0.5) is 0 Å². The first-order chi connectivity index (χ1) is 7.27. The molecule has 3 aliphatic rings. The van der Waals surface area contributed by atoms with Crippen LogP contribution in [0.5, 0.6) is 0 Å². The molecule has 0 radical (unpaired) electrons. The van der Waals surface area contributed by atoms with Gasteiger partial charge in [0.15, 0.2) is 0 Å². The number of nitrogens with zero attached hydrogens (tertiary/aromatic N) is 1. The summed E-state index contributed by atoms with van der Waals surface area (Å²) in [5.41, 5.74) is 8.94. The van der Waals surface area contributed by atoms with Gasteiger partial charge in [0, 0.05) is 25.8 Å². The minimum absolute atomic E-state index is 0.0662. The summed E-state index contributed by atoms with van der Waals surface area (Å²) in [6, 6.07) is 0.232. The molecule has 84 valence electrons. The molecule has 0 amide bonds. The molecule has 3 heterocycles. The van der Waals surface area contributed by atoms with Crippen molar-refractivity contribution in [2.45, 2.75) is 24.0 Å². The van der Waals surface area contributed by atoms with Crippen LogP contribution in [-0.2, 0) is 0 Å². The zero-order chi connectivity index (χ0) is 10.4. The van der Waals surface area contributed by atoms with E-state index in [9.17, 15) is 0 Å². The molecule has 0 aromatic rings. The van der Waals surface area contributed by atoms with Crippen LogP contribution in [0.2, 0.25) is 0 Å². The van der Waals surface area contributed by atoms with Crippen LogP contribution < -0.4 is 21.6 Å². The maximum Gasteiger partial charge on any atom is 0.112 e. The molecule has 0 aliphatic carbocycles. The molecule has 0 spiro atoms. The van der Waals surface area contributed by atoms with Crippen molar-refractivity contribution in [2.75, 3.05) is 20.1 Å². The predicted molar refractivity (Wildman–Crippen MR) is 58.9 cm³/mol. The molecule has 4 N–H and O–H groups in total. The lowest BCUT2D eigenvalue weighted by atomic mass is 9.93. The largest absolute Gasteiger partial charge is 0.370 e. The van der Waals surface area contributed by atoms with Crippen LogP contribution in [0.1, 0.15) is 6.42 Å². The highest BCUT2D eigenvalue weighted by Gasteiger charge is 2.43. The van der Waals surface area contributed by atoms with Gasteiger partial charge in [-0.05, 0) is 12.0 Å². The Bertz CT molecular complexity index is 305. The molecule has 3 unspecified atom stereocenters. The molecule has 15 heavy (non-hydrogen) atoms. The monoisotopic (exact) mass is 229 g/mol. The first-order valence-corrected chi connectivity index (χ1v) is 5.78. The molecule has 0 aromatic heterocycles. The van der Waals surface area contributed by atoms with Gasteiger partial charge in [0.25, 0.3) is 0 Å². The van der Waals surface area contributed by atoms with E-state index in [4.69, 9.17) is 11.6 Å². The van der Waals surface area contributed by atoms with Crippen LogP contribution in [0.3, 0.4) is 0 Å².